The van der Waals surface area contributed by atoms with Gasteiger partial charge in [-0.15, -0.1) is 0 Å². The predicted molar refractivity (Wildman–Crippen MR) is 74.6 cm³/mol. The van der Waals surface area contributed by atoms with Crippen LogP contribution in [0.15, 0.2) is 12.4 Å². The highest BCUT2D eigenvalue weighted by atomic mass is 16.5. The van der Waals surface area contributed by atoms with E-state index in [2.05, 4.69) is 15.3 Å². The van der Waals surface area contributed by atoms with Gasteiger partial charge < -0.3 is 15.0 Å². The Morgan fingerprint density at radius 2 is 2.20 bits per heavy atom. The van der Waals surface area contributed by atoms with E-state index in [0.717, 1.165) is 12.8 Å². The smallest absolute Gasteiger partial charge is 0.274 e. The number of nitrogens with one attached hydrogen (secondary N) is 1. The Kier molecular flexibility index (Phi) is 3.82. The van der Waals surface area contributed by atoms with Gasteiger partial charge in [0.05, 0.1) is 31.1 Å². The van der Waals surface area contributed by atoms with Gasteiger partial charge in [0, 0.05) is 13.6 Å². The fourth-order valence-electron chi connectivity index (χ4n) is 3.06. The zero-order valence-electron chi connectivity index (χ0n) is 11.7. The number of hydrogen-bond acceptors (Lipinski definition) is 5. The van der Waals surface area contributed by atoms with E-state index in [9.17, 15) is 4.79 Å². The summed E-state index contributed by atoms with van der Waals surface area (Å²) in [5.74, 6) is 0.638. The normalized spacial score (nSPS) is 25.9. The lowest BCUT2D eigenvalue weighted by atomic mass is 9.90. The van der Waals surface area contributed by atoms with Crippen LogP contribution in [-0.4, -0.2) is 53.1 Å². The fraction of sp³-hybridized carbons (Fsp3) is 0.643. The maximum absolute atomic E-state index is 12.6. The molecule has 0 aromatic carbocycles. The highest BCUT2D eigenvalue weighted by molar-refractivity contribution is 5.92. The number of ether oxygens (including phenoxy) is 1. The Morgan fingerprint density at radius 1 is 1.35 bits per heavy atom. The molecule has 6 nitrogen and oxygen atoms in total. The van der Waals surface area contributed by atoms with Gasteiger partial charge in [0.15, 0.2) is 0 Å². The lowest BCUT2D eigenvalue weighted by Gasteiger charge is -2.43. The fourth-order valence-corrected chi connectivity index (χ4v) is 3.06. The number of anilines is 1. The molecule has 1 aliphatic heterocycles. The van der Waals surface area contributed by atoms with Gasteiger partial charge >= 0.3 is 0 Å². The Labute approximate surface area is 118 Å². The largest absolute Gasteiger partial charge is 0.374 e. The number of carbonyl (C=O) groups excluding carboxylic acids is 1. The molecule has 0 spiro atoms. The number of hydrogen-bond donors (Lipinski definition) is 1. The highest BCUT2D eigenvalue weighted by Crippen LogP contribution is 2.29. The van der Waals surface area contributed by atoms with Gasteiger partial charge in [-0.1, -0.05) is 12.8 Å². The lowest BCUT2D eigenvalue weighted by molar-refractivity contribution is -0.0754. The number of aromatic nitrogens is 2. The van der Waals surface area contributed by atoms with Crippen LogP contribution in [0.4, 0.5) is 5.82 Å². The molecule has 3 rings (SSSR count). The standard InChI is InChI=1S/C14H20N4O2/c1-15-13-9-16-10(8-17-13)14(19)18-6-7-20-12-5-3-2-4-11(12)18/h8-9,11-12H,2-7H2,1H3,(H,15,17). The Hall–Kier alpha value is -1.69. The summed E-state index contributed by atoms with van der Waals surface area (Å²) in [5, 5.41) is 2.90. The van der Waals surface area contributed by atoms with Gasteiger partial charge in [0.2, 0.25) is 0 Å². The van der Waals surface area contributed by atoms with Gasteiger partial charge in [-0.05, 0) is 12.8 Å². The van der Waals surface area contributed by atoms with E-state index in [0.29, 0.717) is 24.7 Å². The van der Waals surface area contributed by atoms with Crippen molar-refractivity contribution in [1.82, 2.24) is 14.9 Å². The van der Waals surface area contributed by atoms with Crippen molar-refractivity contribution >= 4 is 11.7 Å². The van der Waals surface area contributed by atoms with Crippen LogP contribution in [0, 0.1) is 0 Å². The van der Waals surface area contributed by atoms with Crippen LogP contribution in [0.25, 0.3) is 0 Å². The molecule has 1 aromatic heterocycles. The first-order valence-electron chi connectivity index (χ1n) is 7.22. The minimum atomic E-state index is -0.0275. The van der Waals surface area contributed by atoms with Crippen LogP contribution in [-0.2, 0) is 4.74 Å². The molecule has 2 aliphatic rings. The van der Waals surface area contributed by atoms with E-state index in [1.165, 1.54) is 12.8 Å². The summed E-state index contributed by atoms with van der Waals surface area (Å²) in [6.45, 7) is 1.27. The number of rotatable bonds is 2. The maximum atomic E-state index is 12.6. The molecule has 2 fully saturated rings. The molecule has 20 heavy (non-hydrogen) atoms. The van der Waals surface area contributed by atoms with Crippen molar-refractivity contribution in [2.24, 2.45) is 0 Å². The monoisotopic (exact) mass is 276 g/mol. The number of carbonyl (C=O) groups is 1. The summed E-state index contributed by atoms with van der Waals surface area (Å²) in [7, 11) is 1.78. The van der Waals surface area contributed by atoms with Crippen LogP contribution in [0.5, 0.6) is 0 Å². The van der Waals surface area contributed by atoms with Gasteiger partial charge in [0.1, 0.15) is 11.5 Å². The van der Waals surface area contributed by atoms with Crippen LogP contribution in [0.3, 0.4) is 0 Å². The van der Waals surface area contributed by atoms with Crippen LogP contribution < -0.4 is 5.32 Å². The van der Waals surface area contributed by atoms with Crippen molar-refractivity contribution in [2.75, 3.05) is 25.5 Å². The number of fused-ring (bicyclic) bond motifs is 1. The zero-order chi connectivity index (χ0) is 13.9. The molecule has 2 atom stereocenters. The Balaban J connectivity index is 1.77. The summed E-state index contributed by atoms with van der Waals surface area (Å²) in [5.41, 5.74) is 0.412. The van der Waals surface area contributed by atoms with E-state index < -0.39 is 0 Å². The van der Waals surface area contributed by atoms with Gasteiger partial charge in [-0.25, -0.2) is 9.97 Å². The molecule has 1 aromatic rings. The van der Waals surface area contributed by atoms with Crippen LogP contribution in [0.1, 0.15) is 36.2 Å². The number of nitrogens with zero attached hydrogens (tertiary/aromatic N) is 3. The Bertz CT molecular complexity index is 475. The molecule has 1 amide bonds. The van der Waals surface area contributed by atoms with Gasteiger partial charge in [0.25, 0.3) is 5.91 Å². The van der Waals surface area contributed by atoms with Crippen molar-refractivity contribution < 1.29 is 9.53 Å². The first kappa shape index (κ1) is 13.3. The van der Waals surface area contributed by atoms with Crippen molar-refractivity contribution in [1.29, 1.82) is 0 Å². The second-order valence-electron chi connectivity index (χ2n) is 5.30. The number of morpholine rings is 1. The average molecular weight is 276 g/mol. The second-order valence-corrected chi connectivity index (χ2v) is 5.30. The van der Waals surface area contributed by atoms with Crippen molar-refractivity contribution in [3.63, 3.8) is 0 Å². The molecule has 1 N–H and O–H groups in total. The molecule has 108 valence electrons. The average Bonchev–Trinajstić information content (AvgIpc) is 2.54. The molecule has 2 heterocycles. The van der Waals surface area contributed by atoms with Gasteiger partial charge in [-0.3, -0.25) is 4.79 Å². The lowest BCUT2D eigenvalue weighted by Crippen LogP contribution is -2.55. The highest BCUT2D eigenvalue weighted by Gasteiger charge is 2.37. The molecule has 1 saturated carbocycles. The van der Waals surface area contributed by atoms with E-state index in [1.54, 1.807) is 19.4 Å². The molecule has 1 saturated heterocycles. The third-order valence-electron chi connectivity index (χ3n) is 4.12. The molecule has 0 bridgehead atoms. The first-order chi connectivity index (χ1) is 9.79. The SMILES string of the molecule is CNc1cnc(C(=O)N2CCOC3CCCCC32)cn1. The molecule has 6 heteroatoms. The topological polar surface area (TPSA) is 67.4 Å². The number of amides is 1. The molecular weight excluding hydrogens is 256 g/mol. The maximum Gasteiger partial charge on any atom is 0.274 e. The quantitative estimate of drug-likeness (QED) is 0.882. The zero-order valence-corrected chi connectivity index (χ0v) is 11.7. The molecular formula is C14H20N4O2. The Morgan fingerprint density at radius 3 is 2.95 bits per heavy atom. The summed E-state index contributed by atoms with van der Waals surface area (Å²) in [6, 6.07) is 0.204. The first-order valence-corrected chi connectivity index (χ1v) is 7.22. The van der Waals surface area contributed by atoms with Crippen molar-refractivity contribution in [3.05, 3.63) is 18.1 Å². The van der Waals surface area contributed by atoms with Gasteiger partial charge in [-0.2, -0.15) is 0 Å². The van der Waals surface area contributed by atoms with Crippen LogP contribution >= 0.6 is 0 Å². The van der Waals surface area contributed by atoms with Crippen LogP contribution in [0.2, 0.25) is 0 Å². The van der Waals surface area contributed by atoms with E-state index in [1.807, 2.05) is 4.90 Å². The summed E-state index contributed by atoms with van der Waals surface area (Å²) in [4.78, 5) is 22.9. The van der Waals surface area contributed by atoms with Crippen molar-refractivity contribution in [3.8, 4) is 0 Å². The third-order valence-corrected chi connectivity index (χ3v) is 4.12. The third kappa shape index (κ3) is 2.47. The van der Waals surface area contributed by atoms with Crippen molar-refractivity contribution in [2.45, 2.75) is 37.8 Å². The minimum Gasteiger partial charge on any atom is -0.374 e. The molecule has 2 unspecified atom stereocenters. The minimum absolute atomic E-state index is 0.0275. The summed E-state index contributed by atoms with van der Waals surface area (Å²) >= 11 is 0. The van der Waals surface area contributed by atoms with E-state index in [-0.39, 0.29) is 18.1 Å². The molecule has 0 radical (unpaired) electrons. The predicted octanol–water partition coefficient (Wildman–Crippen LogP) is 1.30. The summed E-state index contributed by atoms with van der Waals surface area (Å²) in [6.07, 6.45) is 7.77. The second kappa shape index (κ2) is 5.75. The van der Waals surface area contributed by atoms with E-state index >= 15 is 0 Å². The molecule has 1 aliphatic carbocycles. The summed E-state index contributed by atoms with van der Waals surface area (Å²) < 4.78 is 5.79. The van der Waals surface area contributed by atoms with E-state index in [4.69, 9.17) is 4.74 Å².